The molecular weight excluding hydrogens is 463 g/mol. The van der Waals surface area contributed by atoms with Gasteiger partial charge in [0.1, 0.15) is 5.82 Å². The van der Waals surface area contributed by atoms with E-state index in [0.717, 1.165) is 22.9 Å². The molecule has 34 heavy (non-hydrogen) atoms. The van der Waals surface area contributed by atoms with Crippen molar-refractivity contribution in [1.82, 2.24) is 15.1 Å². The molecule has 0 unspecified atom stereocenters. The molecule has 1 aromatic heterocycles. The molecule has 0 bridgehead atoms. The summed E-state index contributed by atoms with van der Waals surface area (Å²) in [4.78, 5) is 35.6. The van der Waals surface area contributed by atoms with Crippen LogP contribution in [0.3, 0.4) is 0 Å². The first-order chi connectivity index (χ1) is 16.2. The number of aromatic nitrogens is 2. The van der Waals surface area contributed by atoms with Crippen molar-refractivity contribution in [2.45, 2.75) is 20.4 Å². The average Bonchev–Trinajstić information content (AvgIpc) is 3.06. The zero-order valence-electron chi connectivity index (χ0n) is 18.5. The number of nitrogens with one attached hydrogen (secondary N) is 2. The quantitative estimate of drug-likeness (QED) is 0.385. The van der Waals surface area contributed by atoms with Gasteiger partial charge in [0.2, 0.25) is 0 Å². The van der Waals surface area contributed by atoms with Crippen molar-refractivity contribution in [3.05, 3.63) is 88.0 Å². The van der Waals surface area contributed by atoms with E-state index in [1.165, 1.54) is 24.3 Å². The van der Waals surface area contributed by atoms with Gasteiger partial charge in [-0.2, -0.15) is 5.10 Å². The van der Waals surface area contributed by atoms with Crippen LogP contribution >= 0.6 is 11.6 Å². The normalized spacial score (nSPS) is 10.8. The molecule has 0 aliphatic carbocycles. The van der Waals surface area contributed by atoms with E-state index in [1.807, 2.05) is 37.4 Å². The maximum Gasteiger partial charge on any atom is 0.331 e. The van der Waals surface area contributed by atoms with Crippen LogP contribution in [0.4, 0.5) is 14.9 Å². The maximum atomic E-state index is 13.5. The number of urea groups is 1. The Labute approximate surface area is 200 Å². The standard InChI is InChI=1S/C24H22ClFN4O4/c1-15-18(16(2)30(29-15)13-17-7-3-4-8-19(17)25)11-12-23(32)34-14-22(31)28-24(33)27-21-10-6-5-9-20(21)26/h3-12H,13-14H2,1-2H3,(H2,27,28,31,33)/b12-11+. The molecule has 0 atom stereocenters. The predicted molar refractivity (Wildman–Crippen MR) is 126 cm³/mol. The number of carbonyl (C=O) groups excluding carboxylic acids is 3. The summed E-state index contributed by atoms with van der Waals surface area (Å²) in [5.41, 5.74) is 3.08. The second kappa shape index (κ2) is 11.2. The SMILES string of the molecule is Cc1nn(Cc2ccccc2Cl)c(C)c1/C=C/C(=O)OCC(=O)NC(=O)Nc1ccccc1F. The van der Waals surface area contributed by atoms with Gasteiger partial charge in [0.25, 0.3) is 5.91 Å². The molecule has 0 aliphatic rings. The monoisotopic (exact) mass is 484 g/mol. The van der Waals surface area contributed by atoms with E-state index >= 15 is 0 Å². The molecular formula is C24H22ClFN4O4. The van der Waals surface area contributed by atoms with Gasteiger partial charge in [-0.25, -0.2) is 14.0 Å². The van der Waals surface area contributed by atoms with Gasteiger partial charge in [-0.15, -0.1) is 0 Å². The number of para-hydroxylation sites is 1. The number of ether oxygens (including phenoxy) is 1. The Kier molecular flexibility index (Phi) is 8.15. The summed E-state index contributed by atoms with van der Waals surface area (Å²) < 4.78 is 20.2. The van der Waals surface area contributed by atoms with Crippen molar-refractivity contribution >= 4 is 41.3 Å². The summed E-state index contributed by atoms with van der Waals surface area (Å²) in [6.45, 7) is 3.46. The lowest BCUT2D eigenvalue weighted by atomic mass is 10.1. The lowest BCUT2D eigenvalue weighted by molar-refractivity contribution is -0.143. The molecule has 0 aliphatic heterocycles. The zero-order chi connectivity index (χ0) is 24.7. The summed E-state index contributed by atoms with van der Waals surface area (Å²) in [6.07, 6.45) is 2.72. The highest BCUT2D eigenvalue weighted by Crippen LogP contribution is 2.20. The van der Waals surface area contributed by atoms with Gasteiger partial charge >= 0.3 is 12.0 Å². The van der Waals surface area contributed by atoms with E-state index in [2.05, 4.69) is 10.4 Å². The van der Waals surface area contributed by atoms with Gasteiger partial charge in [-0.3, -0.25) is 14.8 Å². The molecule has 3 aromatic rings. The van der Waals surface area contributed by atoms with Crippen molar-refractivity contribution in [2.75, 3.05) is 11.9 Å². The number of aryl methyl sites for hydroxylation is 1. The molecule has 10 heteroatoms. The lowest BCUT2D eigenvalue weighted by Gasteiger charge is -2.07. The largest absolute Gasteiger partial charge is 0.452 e. The fraction of sp³-hybridized carbons (Fsp3) is 0.167. The van der Waals surface area contributed by atoms with Crippen LogP contribution in [-0.4, -0.2) is 34.3 Å². The second-order valence-electron chi connectivity index (χ2n) is 7.26. The molecule has 8 nitrogen and oxygen atoms in total. The summed E-state index contributed by atoms with van der Waals surface area (Å²) in [5, 5.41) is 9.27. The number of esters is 1. The van der Waals surface area contributed by atoms with Crippen LogP contribution in [0.5, 0.6) is 0 Å². The molecule has 1 heterocycles. The minimum Gasteiger partial charge on any atom is -0.452 e. The number of carbonyl (C=O) groups is 3. The highest BCUT2D eigenvalue weighted by molar-refractivity contribution is 6.31. The fourth-order valence-electron chi connectivity index (χ4n) is 3.11. The molecule has 0 spiro atoms. The molecule has 0 saturated carbocycles. The molecule has 3 amide bonds. The van der Waals surface area contributed by atoms with Crippen molar-refractivity contribution in [3.8, 4) is 0 Å². The summed E-state index contributed by atoms with van der Waals surface area (Å²) in [6, 6.07) is 12.0. The molecule has 0 fully saturated rings. The summed E-state index contributed by atoms with van der Waals surface area (Å²) >= 11 is 6.22. The number of benzene rings is 2. The Bertz CT molecular complexity index is 1260. The summed E-state index contributed by atoms with van der Waals surface area (Å²) in [5.74, 6) is -2.29. The number of imide groups is 1. The van der Waals surface area contributed by atoms with E-state index < -0.39 is 30.3 Å². The molecule has 2 aromatic carbocycles. The number of hydrogen-bond acceptors (Lipinski definition) is 5. The van der Waals surface area contributed by atoms with Gasteiger partial charge in [0.15, 0.2) is 6.61 Å². The first-order valence-corrected chi connectivity index (χ1v) is 10.6. The van der Waals surface area contributed by atoms with Gasteiger partial charge in [0, 0.05) is 22.4 Å². The number of anilines is 1. The highest BCUT2D eigenvalue weighted by Gasteiger charge is 2.13. The Morgan fingerprint density at radius 1 is 1.12 bits per heavy atom. The van der Waals surface area contributed by atoms with Gasteiger partial charge in [-0.05, 0) is 43.7 Å². The van der Waals surface area contributed by atoms with Crippen molar-refractivity contribution in [3.63, 3.8) is 0 Å². The minimum atomic E-state index is -0.945. The van der Waals surface area contributed by atoms with Crippen LogP contribution in [0.2, 0.25) is 5.02 Å². The molecule has 0 saturated heterocycles. The zero-order valence-corrected chi connectivity index (χ0v) is 19.2. The maximum absolute atomic E-state index is 13.5. The number of halogens is 2. The molecule has 3 rings (SSSR count). The third-order valence-electron chi connectivity index (χ3n) is 4.82. The van der Waals surface area contributed by atoms with Crippen molar-refractivity contribution in [1.29, 1.82) is 0 Å². The topological polar surface area (TPSA) is 102 Å². The van der Waals surface area contributed by atoms with Crippen molar-refractivity contribution < 1.29 is 23.5 Å². The third kappa shape index (κ3) is 6.52. The van der Waals surface area contributed by atoms with E-state index in [9.17, 15) is 18.8 Å². The van der Waals surface area contributed by atoms with Crippen LogP contribution in [0, 0.1) is 19.7 Å². The predicted octanol–water partition coefficient (Wildman–Crippen LogP) is 4.25. The van der Waals surface area contributed by atoms with E-state index in [4.69, 9.17) is 16.3 Å². The van der Waals surface area contributed by atoms with Gasteiger partial charge in [-0.1, -0.05) is 41.9 Å². The molecule has 2 N–H and O–H groups in total. The average molecular weight is 485 g/mol. The van der Waals surface area contributed by atoms with Crippen LogP contribution in [0.1, 0.15) is 22.5 Å². The number of rotatable bonds is 7. The summed E-state index contributed by atoms with van der Waals surface area (Å²) in [7, 11) is 0. The third-order valence-corrected chi connectivity index (χ3v) is 5.19. The van der Waals surface area contributed by atoms with Gasteiger partial charge in [0.05, 0.1) is 17.9 Å². The number of amides is 3. The number of hydrogen-bond donors (Lipinski definition) is 2. The smallest absolute Gasteiger partial charge is 0.331 e. The first-order valence-electron chi connectivity index (χ1n) is 10.2. The Morgan fingerprint density at radius 2 is 1.82 bits per heavy atom. The molecule has 0 radical (unpaired) electrons. The molecule has 176 valence electrons. The van der Waals surface area contributed by atoms with E-state index in [0.29, 0.717) is 17.3 Å². The fourth-order valence-corrected chi connectivity index (χ4v) is 3.30. The highest BCUT2D eigenvalue weighted by atomic mass is 35.5. The van der Waals surface area contributed by atoms with Crippen LogP contribution in [-0.2, 0) is 20.9 Å². The Balaban J connectivity index is 1.52. The first kappa shape index (κ1) is 24.7. The van der Waals surface area contributed by atoms with Crippen LogP contribution in [0.15, 0.2) is 54.6 Å². The Hall–Kier alpha value is -3.98. The van der Waals surface area contributed by atoms with Crippen LogP contribution < -0.4 is 10.6 Å². The van der Waals surface area contributed by atoms with E-state index in [-0.39, 0.29) is 5.69 Å². The lowest BCUT2D eigenvalue weighted by Crippen LogP contribution is -2.37. The minimum absolute atomic E-state index is 0.0893. The van der Waals surface area contributed by atoms with Crippen molar-refractivity contribution in [2.24, 2.45) is 0 Å². The second-order valence-corrected chi connectivity index (χ2v) is 7.66. The van der Waals surface area contributed by atoms with Gasteiger partial charge < -0.3 is 10.1 Å². The number of nitrogens with zero attached hydrogens (tertiary/aromatic N) is 2. The van der Waals surface area contributed by atoms with E-state index in [1.54, 1.807) is 16.8 Å². The Morgan fingerprint density at radius 3 is 2.56 bits per heavy atom. The van der Waals surface area contributed by atoms with Crippen LogP contribution in [0.25, 0.3) is 6.08 Å².